The minimum Gasteiger partial charge on any atom is -0.351 e. The molecule has 27 heavy (non-hydrogen) atoms. The highest BCUT2D eigenvalue weighted by Crippen LogP contribution is 2.35. The Morgan fingerprint density at radius 2 is 1.89 bits per heavy atom. The second-order valence-electron chi connectivity index (χ2n) is 6.12. The van der Waals surface area contributed by atoms with Crippen LogP contribution in [-0.2, 0) is 11.3 Å². The number of carbonyl (C=O) groups is 1. The Morgan fingerprint density at radius 3 is 2.56 bits per heavy atom. The zero-order valence-electron chi connectivity index (χ0n) is 14.1. The van der Waals surface area contributed by atoms with Gasteiger partial charge in [-0.1, -0.05) is 6.07 Å². The molecule has 0 aliphatic rings. The van der Waals surface area contributed by atoms with Crippen LogP contribution in [0.5, 0.6) is 0 Å². The average molecular weight is 390 g/mol. The largest absolute Gasteiger partial charge is 0.463 e. The van der Waals surface area contributed by atoms with Crippen LogP contribution >= 0.6 is 0 Å². The average Bonchev–Trinajstić information content (AvgIpc) is 3.06. The van der Waals surface area contributed by atoms with E-state index in [0.29, 0.717) is 28.9 Å². The Morgan fingerprint density at radius 1 is 1.19 bits per heavy atom. The number of unbranched alkanes of at least 4 members (excludes halogenated alkanes) is 1. The Balaban J connectivity index is 1.62. The van der Waals surface area contributed by atoms with Gasteiger partial charge in [0.15, 0.2) is 0 Å². The number of hydrogen-bond donors (Lipinski definition) is 1. The van der Waals surface area contributed by atoms with Crippen LogP contribution in [0.15, 0.2) is 23.0 Å². The van der Waals surface area contributed by atoms with Crippen LogP contribution in [0, 0.1) is 6.92 Å². The molecular weight excluding hydrogens is 375 g/mol. The number of alkyl halides is 5. The Kier molecular flexibility index (Phi) is 4.56. The fourth-order valence-electron chi connectivity index (χ4n) is 2.94. The molecule has 3 rings (SSSR count). The maximum absolute atomic E-state index is 12.8. The van der Waals surface area contributed by atoms with Gasteiger partial charge in [-0.2, -0.15) is 22.0 Å². The molecule has 0 unspecified atom stereocenters. The predicted molar refractivity (Wildman–Crippen MR) is 86.1 cm³/mol. The predicted octanol–water partition coefficient (Wildman–Crippen LogP) is 2.49. The van der Waals surface area contributed by atoms with Crippen molar-refractivity contribution in [3.05, 3.63) is 34.2 Å². The van der Waals surface area contributed by atoms with E-state index in [9.17, 15) is 31.5 Å². The summed E-state index contributed by atoms with van der Waals surface area (Å²) in [5.74, 6) is -7.81. The lowest BCUT2D eigenvalue weighted by molar-refractivity contribution is -0.269. The number of aromatic nitrogens is 3. The standard InChI is InChI=1S/C16H15F5N4O2/c1-9-12-13(26)24(11-6-4-5-10(23-9)25(11)12)8-3-2-7-22-14(27)15(17,18)16(19,20)21/h4-6H,2-3,7-8H2,1H3,(H,22,27). The Bertz CT molecular complexity index is 1040. The summed E-state index contributed by atoms with van der Waals surface area (Å²) < 4.78 is 65.1. The third-order valence-corrected chi connectivity index (χ3v) is 4.26. The topological polar surface area (TPSA) is 68.4 Å². The highest BCUT2D eigenvalue weighted by Gasteiger charge is 2.63. The number of aryl methyl sites for hydroxylation is 2. The van der Waals surface area contributed by atoms with E-state index >= 15 is 0 Å². The fraction of sp³-hybridized carbons (Fsp3) is 0.438. The molecule has 0 aromatic carbocycles. The second-order valence-corrected chi connectivity index (χ2v) is 6.12. The van der Waals surface area contributed by atoms with Crippen molar-refractivity contribution in [3.63, 3.8) is 0 Å². The molecule has 0 saturated carbocycles. The van der Waals surface area contributed by atoms with E-state index in [2.05, 4.69) is 4.98 Å². The van der Waals surface area contributed by atoms with Crippen molar-refractivity contribution in [1.82, 2.24) is 19.3 Å². The molecule has 0 bridgehead atoms. The number of nitrogens with zero attached hydrogens (tertiary/aromatic N) is 3. The number of imidazole rings is 2. The molecule has 3 heterocycles. The summed E-state index contributed by atoms with van der Waals surface area (Å²) in [6.07, 6.45) is -5.50. The summed E-state index contributed by atoms with van der Waals surface area (Å²) in [6.45, 7) is 1.58. The maximum Gasteiger partial charge on any atom is 0.463 e. The van der Waals surface area contributed by atoms with Gasteiger partial charge in [0.05, 0.1) is 5.69 Å². The van der Waals surface area contributed by atoms with Crippen LogP contribution in [-0.4, -0.2) is 38.5 Å². The molecule has 0 aliphatic carbocycles. The molecular formula is C16H15F5N4O2. The van der Waals surface area contributed by atoms with Crippen molar-refractivity contribution in [2.75, 3.05) is 6.54 Å². The smallest absolute Gasteiger partial charge is 0.351 e. The van der Waals surface area contributed by atoms with Gasteiger partial charge >= 0.3 is 12.1 Å². The van der Waals surface area contributed by atoms with E-state index in [-0.39, 0.29) is 25.1 Å². The maximum atomic E-state index is 12.8. The van der Waals surface area contributed by atoms with E-state index in [1.54, 1.807) is 34.8 Å². The lowest BCUT2D eigenvalue weighted by atomic mass is 10.2. The van der Waals surface area contributed by atoms with Crippen LogP contribution in [0.1, 0.15) is 18.5 Å². The van der Waals surface area contributed by atoms with Gasteiger partial charge in [-0.15, -0.1) is 0 Å². The molecule has 11 heteroatoms. The van der Waals surface area contributed by atoms with E-state index in [1.165, 1.54) is 4.57 Å². The monoisotopic (exact) mass is 390 g/mol. The molecule has 0 saturated heterocycles. The number of amides is 1. The molecule has 0 aliphatic heterocycles. The Labute approximate surface area is 148 Å². The number of hydrogen-bond acceptors (Lipinski definition) is 3. The molecule has 146 valence electrons. The van der Waals surface area contributed by atoms with Gasteiger partial charge in [-0.3, -0.25) is 18.6 Å². The van der Waals surface area contributed by atoms with Crippen molar-refractivity contribution in [3.8, 4) is 0 Å². The van der Waals surface area contributed by atoms with Crippen LogP contribution < -0.4 is 10.9 Å². The first-order valence-corrected chi connectivity index (χ1v) is 8.08. The van der Waals surface area contributed by atoms with Crippen molar-refractivity contribution in [1.29, 1.82) is 0 Å². The van der Waals surface area contributed by atoms with E-state index in [4.69, 9.17) is 0 Å². The minimum atomic E-state index is -5.93. The number of halogens is 5. The summed E-state index contributed by atoms with van der Waals surface area (Å²) in [7, 11) is 0. The van der Waals surface area contributed by atoms with Gasteiger partial charge < -0.3 is 5.32 Å². The van der Waals surface area contributed by atoms with Crippen molar-refractivity contribution in [2.24, 2.45) is 0 Å². The first kappa shape index (κ1) is 19.1. The highest BCUT2D eigenvalue weighted by atomic mass is 19.4. The number of pyridine rings is 1. The zero-order valence-corrected chi connectivity index (χ0v) is 14.1. The van der Waals surface area contributed by atoms with Gasteiger partial charge in [-0.25, -0.2) is 4.98 Å². The first-order valence-electron chi connectivity index (χ1n) is 8.08. The molecule has 0 atom stereocenters. The first-order chi connectivity index (χ1) is 12.6. The van der Waals surface area contributed by atoms with E-state index in [0.717, 1.165) is 0 Å². The van der Waals surface area contributed by atoms with Crippen molar-refractivity contribution < 1.29 is 26.7 Å². The molecule has 1 amide bonds. The van der Waals surface area contributed by atoms with Gasteiger partial charge in [0.25, 0.3) is 11.5 Å². The molecule has 0 fully saturated rings. The molecule has 6 nitrogen and oxygen atoms in total. The number of rotatable bonds is 6. The van der Waals surface area contributed by atoms with Crippen LogP contribution in [0.2, 0.25) is 0 Å². The van der Waals surface area contributed by atoms with Crippen molar-refractivity contribution in [2.45, 2.75) is 38.4 Å². The highest BCUT2D eigenvalue weighted by molar-refractivity contribution is 5.84. The van der Waals surface area contributed by atoms with Gasteiger partial charge in [0.2, 0.25) is 0 Å². The van der Waals surface area contributed by atoms with E-state index in [1.807, 2.05) is 0 Å². The molecule has 3 aromatic heterocycles. The van der Waals surface area contributed by atoms with Crippen molar-refractivity contribution >= 4 is 22.7 Å². The summed E-state index contributed by atoms with van der Waals surface area (Å²) in [5.41, 5.74) is 2.00. The Hall–Kier alpha value is -2.72. The SMILES string of the molecule is Cc1nc2cccc3n(CCCCNC(=O)C(F)(F)C(F)(F)F)c(=O)c1n23. The van der Waals surface area contributed by atoms with E-state index < -0.39 is 18.0 Å². The fourth-order valence-corrected chi connectivity index (χ4v) is 2.94. The lowest BCUT2D eigenvalue weighted by Crippen LogP contribution is -2.50. The second kappa shape index (κ2) is 6.46. The lowest BCUT2D eigenvalue weighted by Gasteiger charge is -2.18. The normalized spacial score (nSPS) is 13.0. The molecule has 0 radical (unpaired) electrons. The summed E-state index contributed by atoms with van der Waals surface area (Å²) >= 11 is 0. The summed E-state index contributed by atoms with van der Waals surface area (Å²) in [6, 6.07) is 5.23. The quantitative estimate of drug-likeness (QED) is 0.520. The van der Waals surface area contributed by atoms with Crippen LogP contribution in [0.4, 0.5) is 22.0 Å². The third kappa shape index (κ3) is 3.10. The number of nitrogens with one attached hydrogen (secondary N) is 1. The summed E-state index contributed by atoms with van der Waals surface area (Å²) in [5, 5.41) is 1.58. The van der Waals surface area contributed by atoms with Gasteiger partial charge in [0, 0.05) is 13.1 Å². The van der Waals surface area contributed by atoms with Crippen LogP contribution in [0.3, 0.4) is 0 Å². The minimum absolute atomic E-state index is 0.131. The summed E-state index contributed by atoms with van der Waals surface area (Å²) in [4.78, 5) is 27.8. The third-order valence-electron chi connectivity index (χ3n) is 4.26. The van der Waals surface area contributed by atoms with Gasteiger partial charge in [-0.05, 0) is 31.9 Å². The van der Waals surface area contributed by atoms with Crippen LogP contribution in [0.25, 0.3) is 16.8 Å². The zero-order chi connectivity index (χ0) is 20.0. The number of carbonyl (C=O) groups excluding carboxylic acids is 1. The molecule has 0 spiro atoms. The van der Waals surface area contributed by atoms with Gasteiger partial charge in [0.1, 0.15) is 16.8 Å². The molecule has 1 N–H and O–H groups in total. The molecule has 3 aromatic rings.